The lowest BCUT2D eigenvalue weighted by molar-refractivity contribution is 0.0203. The summed E-state index contributed by atoms with van der Waals surface area (Å²) >= 11 is 5.38. The predicted octanol–water partition coefficient (Wildman–Crippen LogP) is 2.81. The van der Waals surface area contributed by atoms with Crippen LogP contribution in [-0.4, -0.2) is 56.1 Å². The van der Waals surface area contributed by atoms with Crippen LogP contribution in [0.4, 0.5) is 9.18 Å². The molecule has 3 amide bonds. The van der Waals surface area contributed by atoms with Crippen molar-refractivity contribution in [1.82, 2.24) is 19.5 Å². The SMILES string of the molecule is CC(C)(C)OC(=O)N1CCC(c2cc(=O)[nH]c3c(C(N)=O)cnn23)CC1.NC(=O)c1cccc(Cl)c1F. The van der Waals surface area contributed by atoms with Crippen molar-refractivity contribution in [1.29, 1.82) is 0 Å². The zero-order valence-electron chi connectivity index (χ0n) is 20.6. The van der Waals surface area contributed by atoms with Crippen molar-refractivity contribution in [3.05, 3.63) is 68.5 Å². The third-order valence-corrected chi connectivity index (χ3v) is 5.87. The molecule has 13 heteroatoms. The van der Waals surface area contributed by atoms with Gasteiger partial charge in [0.05, 0.1) is 22.5 Å². The number of primary amides is 2. The van der Waals surface area contributed by atoms with Crippen molar-refractivity contribution in [2.75, 3.05) is 13.1 Å². The van der Waals surface area contributed by atoms with Crippen molar-refractivity contribution >= 4 is 35.2 Å². The Balaban J connectivity index is 0.000000289. The van der Waals surface area contributed by atoms with E-state index < -0.39 is 23.2 Å². The molecule has 0 unspecified atom stereocenters. The maximum Gasteiger partial charge on any atom is 0.410 e. The van der Waals surface area contributed by atoms with Crippen LogP contribution in [0.5, 0.6) is 0 Å². The minimum absolute atomic E-state index is 0.0408. The number of nitrogens with zero attached hydrogens (tertiary/aromatic N) is 3. The summed E-state index contributed by atoms with van der Waals surface area (Å²) in [6, 6.07) is 5.58. The summed E-state index contributed by atoms with van der Waals surface area (Å²) in [5, 5.41) is 4.10. The molecule has 1 saturated heterocycles. The van der Waals surface area contributed by atoms with Gasteiger partial charge in [-0.3, -0.25) is 14.4 Å². The first-order valence-corrected chi connectivity index (χ1v) is 11.8. The lowest BCUT2D eigenvalue weighted by Crippen LogP contribution is -2.41. The third kappa shape index (κ3) is 6.64. The molecule has 0 bridgehead atoms. The average molecular weight is 535 g/mol. The van der Waals surface area contributed by atoms with Gasteiger partial charge in [-0.05, 0) is 45.7 Å². The molecule has 0 atom stereocenters. The maximum atomic E-state index is 12.8. The summed E-state index contributed by atoms with van der Waals surface area (Å²) < 4.78 is 19.8. The Morgan fingerprint density at radius 2 is 1.76 bits per heavy atom. The number of hydrogen-bond acceptors (Lipinski definition) is 6. The molecule has 0 spiro atoms. The fourth-order valence-corrected chi connectivity index (χ4v) is 4.04. The number of nitrogens with one attached hydrogen (secondary N) is 1. The van der Waals surface area contributed by atoms with Gasteiger partial charge in [0.15, 0.2) is 5.82 Å². The zero-order chi connectivity index (χ0) is 27.5. The van der Waals surface area contributed by atoms with E-state index in [2.05, 4.69) is 10.1 Å². The number of halogens is 2. The molecule has 11 nitrogen and oxygen atoms in total. The lowest BCUT2D eigenvalue weighted by Gasteiger charge is -2.33. The van der Waals surface area contributed by atoms with E-state index in [9.17, 15) is 23.6 Å². The first kappa shape index (κ1) is 27.7. The molecular weight excluding hydrogens is 507 g/mol. The number of aromatic amines is 1. The van der Waals surface area contributed by atoms with Gasteiger partial charge in [0.1, 0.15) is 16.8 Å². The van der Waals surface area contributed by atoms with Gasteiger partial charge in [0.25, 0.3) is 17.4 Å². The number of fused-ring (bicyclic) bond motifs is 1. The van der Waals surface area contributed by atoms with Crippen molar-refractivity contribution in [3.8, 4) is 0 Å². The predicted molar refractivity (Wildman–Crippen MR) is 134 cm³/mol. The number of likely N-dealkylation sites (tertiary alicyclic amines) is 1. The van der Waals surface area contributed by atoms with Crippen molar-refractivity contribution in [3.63, 3.8) is 0 Å². The number of amides is 3. The molecule has 2 aromatic heterocycles. The van der Waals surface area contributed by atoms with Gasteiger partial charge >= 0.3 is 6.09 Å². The van der Waals surface area contributed by atoms with Crippen molar-refractivity contribution < 1.29 is 23.5 Å². The van der Waals surface area contributed by atoms with Crippen LogP contribution >= 0.6 is 11.6 Å². The summed E-state index contributed by atoms with van der Waals surface area (Å²) in [5.74, 6) is -2.18. The molecule has 4 rings (SSSR count). The Hall–Kier alpha value is -3.93. The largest absolute Gasteiger partial charge is 0.444 e. The van der Waals surface area contributed by atoms with Crippen LogP contribution in [-0.2, 0) is 4.74 Å². The summed E-state index contributed by atoms with van der Waals surface area (Å²) in [6.07, 6.45) is 2.36. The van der Waals surface area contributed by atoms with Crippen LogP contribution in [0.2, 0.25) is 5.02 Å². The molecular formula is C24H28ClFN6O5. The number of piperidine rings is 1. The standard InChI is InChI=1S/C17H23N5O4.C7H5ClFNO/c1-17(2,3)26-16(25)21-6-4-10(5-7-21)12-8-13(23)20-15-11(14(18)24)9-19-22(12)15;8-5-3-1-2-4(6(5)9)7(10)11/h8-10H,4-7H2,1-3H3,(H2,18,24)(H,20,23);1-3H,(H2,10,11). The molecule has 1 aromatic carbocycles. The van der Waals surface area contributed by atoms with Crippen molar-refractivity contribution in [2.24, 2.45) is 11.5 Å². The number of benzene rings is 1. The third-order valence-electron chi connectivity index (χ3n) is 5.58. The Bertz CT molecular complexity index is 1390. The van der Waals surface area contributed by atoms with Crippen LogP contribution < -0.4 is 17.0 Å². The fraction of sp³-hybridized carbons (Fsp3) is 0.375. The van der Waals surface area contributed by atoms with E-state index in [1.54, 1.807) is 9.42 Å². The van der Waals surface area contributed by atoms with E-state index in [1.165, 1.54) is 30.5 Å². The molecule has 37 heavy (non-hydrogen) atoms. The van der Waals surface area contributed by atoms with Gasteiger partial charge < -0.3 is 26.1 Å². The topological polar surface area (TPSA) is 166 Å². The Morgan fingerprint density at radius 3 is 2.30 bits per heavy atom. The number of ether oxygens (including phenoxy) is 1. The van der Waals surface area contributed by atoms with Crippen LogP contribution in [0.15, 0.2) is 35.3 Å². The zero-order valence-corrected chi connectivity index (χ0v) is 21.3. The molecule has 1 fully saturated rings. The first-order chi connectivity index (χ1) is 17.3. The minimum atomic E-state index is -0.815. The van der Waals surface area contributed by atoms with E-state index in [-0.39, 0.29) is 33.7 Å². The molecule has 1 aliphatic rings. The number of carbonyl (C=O) groups is 3. The number of carbonyl (C=O) groups excluding carboxylic acids is 3. The molecule has 198 valence electrons. The molecule has 3 heterocycles. The molecule has 0 aliphatic carbocycles. The van der Waals surface area contributed by atoms with E-state index in [1.807, 2.05) is 20.8 Å². The van der Waals surface area contributed by atoms with Crippen LogP contribution in [0.25, 0.3) is 5.65 Å². The quantitative estimate of drug-likeness (QED) is 0.467. The number of aromatic nitrogens is 3. The van der Waals surface area contributed by atoms with Gasteiger partial charge in [-0.1, -0.05) is 17.7 Å². The highest BCUT2D eigenvalue weighted by Crippen LogP contribution is 2.28. The van der Waals surface area contributed by atoms with Crippen LogP contribution in [0.1, 0.15) is 65.9 Å². The normalized spacial score (nSPS) is 14.1. The van der Waals surface area contributed by atoms with Gasteiger partial charge in [-0.2, -0.15) is 5.10 Å². The molecule has 1 aliphatic heterocycles. The average Bonchev–Trinajstić information content (AvgIpc) is 3.23. The Kier molecular flexibility index (Phi) is 8.22. The number of H-pyrrole nitrogens is 1. The number of rotatable bonds is 3. The molecule has 5 N–H and O–H groups in total. The highest BCUT2D eigenvalue weighted by atomic mass is 35.5. The number of nitrogens with two attached hydrogens (primary N) is 2. The second-order valence-corrected chi connectivity index (χ2v) is 9.86. The van der Waals surface area contributed by atoms with E-state index >= 15 is 0 Å². The molecule has 3 aromatic rings. The van der Waals surface area contributed by atoms with Crippen molar-refractivity contribution in [2.45, 2.75) is 45.1 Å². The second-order valence-electron chi connectivity index (χ2n) is 9.45. The smallest absolute Gasteiger partial charge is 0.410 e. The molecule has 0 radical (unpaired) electrons. The van der Waals surface area contributed by atoms with Gasteiger partial charge in [-0.15, -0.1) is 0 Å². The first-order valence-electron chi connectivity index (χ1n) is 11.4. The van der Waals surface area contributed by atoms with E-state index in [0.29, 0.717) is 37.3 Å². The molecule has 0 saturated carbocycles. The lowest BCUT2D eigenvalue weighted by atomic mass is 9.93. The monoisotopic (exact) mass is 534 g/mol. The van der Waals surface area contributed by atoms with Gasteiger partial charge in [0.2, 0.25) is 0 Å². The number of hydrogen-bond donors (Lipinski definition) is 3. The second kappa shape index (κ2) is 11.0. The van der Waals surface area contributed by atoms with Crippen LogP contribution in [0.3, 0.4) is 0 Å². The summed E-state index contributed by atoms with van der Waals surface area (Å²) in [4.78, 5) is 50.5. The van der Waals surface area contributed by atoms with Gasteiger partial charge in [-0.25, -0.2) is 13.7 Å². The van der Waals surface area contributed by atoms with E-state index in [4.69, 9.17) is 27.8 Å². The highest BCUT2D eigenvalue weighted by molar-refractivity contribution is 6.31. The highest BCUT2D eigenvalue weighted by Gasteiger charge is 2.29. The Labute approximate surface area is 216 Å². The Morgan fingerprint density at radius 1 is 1.14 bits per heavy atom. The summed E-state index contributed by atoms with van der Waals surface area (Å²) in [6.45, 7) is 6.55. The summed E-state index contributed by atoms with van der Waals surface area (Å²) in [5.41, 5.74) is 10.3. The fourth-order valence-electron chi connectivity index (χ4n) is 3.86. The maximum absolute atomic E-state index is 12.8. The van der Waals surface area contributed by atoms with Crippen LogP contribution in [0, 0.1) is 5.82 Å². The van der Waals surface area contributed by atoms with E-state index in [0.717, 1.165) is 0 Å². The minimum Gasteiger partial charge on any atom is -0.444 e. The van der Waals surface area contributed by atoms with Gasteiger partial charge in [0, 0.05) is 25.1 Å². The summed E-state index contributed by atoms with van der Waals surface area (Å²) in [7, 11) is 0.